The lowest BCUT2D eigenvalue weighted by Gasteiger charge is -2.24. The lowest BCUT2D eigenvalue weighted by molar-refractivity contribution is -0.130. The zero-order chi connectivity index (χ0) is 24.7. The van der Waals surface area contributed by atoms with Crippen molar-refractivity contribution in [2.24, 2.45) is 0 Å². The van der Waals surface area contributed by atoms with Crippen LogP contribution in [0.1, 0.15) is 40.4 Å². The van der Waals surface area contributed by atoms with Gasteiger partial charge in [-0.25, -0.2) is 4.98 Å². The Balaban J connectivity index is 1.35. The van der Waals surface area contributed by atoms with Gasteiger partial charge in [0.2, 0.25) is 5.91 Å². The van der Waals surface area contributed by atoms with E-state index in [1.54, 1.807) is 0 Å². The van der Waals surface area contributed by atoms with Crippen molar-refractivity contribution in [2.75, 3.05) is 6.54 Å². The average molecular weight is 476 g/mol. The summed E-state index contributed by atoms with van der Waals surface area (Å²) >= 11 is 0. The second-order valence-electron chi connectivity index (χ2n) is 9.25. The lowest BCUT2D eigenvalue weighted by atomic mass is 10.0. The summed E-state index contributed by atoms with van der Waals surface area (Å²) in [6.45, 7) is 2.03. The number of carbonyl (C=O) groups is 1. The molecule has 0 radical (unpaired) electrons. The fourth-order valence-corrected chi connectivity index (χ4v) is 4.83. The molecule has 180 valence electrons. The van der Waals surface area contributed by atoms with Crippen molar-refractivity contribution in [3.05, 3.63) is 125 Å². The highest BCUT2D eigenvalue weighted by molar-refractivity contribution is 5.84. The second-order valence-corrected chi connectivity index (χ2v) is 9.25. The summed E-state index contributed by atoms with van der Waals surface area (Å²) in [5.41, 5.74) is 5.13. The lowest BCUT2D eigenvalue weighted by Crippen LogP contribution is -2.41. The molecule has 1 unspecified atom stereocenters. The van der Waals surface area contributed by atoms with Crippen LogP contribution < -0.4 is 5.32 Å². The topological polar surface area (TPSA) is 74.0 Å². The Bertz CT molecular complexity index is 1330. The standard InChI is InChI=1S/C30H29N5O/c31-18-24-11-13-26(14-12-24)21-35-22-32-19-29(35)28(17-23-7-3-1-4-8-23)33-27-15-16-34(30(27)36)20-25-9-5-2-6-10-25/h1-14,19,22,27-28,33H,15-17,20-21H2/t27-,28?/m0/s1. The zero-order valence-electron chi connectivity index (χ0n) is 20.1. The summed E-state index contributed by atoms with van der Waals surface area (Å²) in [5.74, 6) is 0.148. The molecule has 2 atom stereocenters. The molecular weight excluding hydrogens is 446 g/mol. The second kappa shape index (κ2) is 11.0. The molecule has 4 aromatic rings. The highest BCUT2D eigenvalue weighted by Crippen LogP contribution is 2.24. The Morgan fingerprint density at radius 1 is 0.917 bits per heavy atom. The van der Waals surface area contributed by atoms with Crippen LogP contribution in [0.2, 0.25) is 0 Å². The Kier molecular flexibility index (Phi) is 7.20. The van der Waals surface area contributed by atoms with Crippen molar-refractivity contribution in [1.29, 1.82) is 5.26 Å². The number of hydrogen-bond donors (Lipinski definition) is 1. The third-order valence-electron chi connectivity index (χ3n) is 6.74. The molecule has 1 fully saturated rings. The van der Waals surface area contributed by atoms with Gasteiger partial charge in [-0.05, 0) is 41.7 Å². The largest absolute Gasteiger partial charge is 0.337 e. The van der Waals surface area contributed by atoms with E-state index < -0.39 is 0 Å². The summed E-state index contributed by atoms with van der Waals surface area (Å²) in [7, 11) is 0. The number of rotatable bonds is 9. The number of nitrogens with one attached hydrogen (secondary N) is 1. The molecule has 36 heavy (non-hydrogen) atoms. The Hall–Kier alpha value is -4.21. The highest BCUT2D eigenvalue weighted by atomic mass is 16.2. The number of imidazole rings is 1. The van der Waals surface area contributed by atoms with Gasteiger partial charge in [0.25, 0.3) is 0 Å². The summed E-state index contributed by atoms with van der Waals surface area (Å²) in [4.78, 5) is 19.7. The van der Waals surface area contributed by atoms with Crippen molar-refractivity contribution in [3.8, 4) is 6.07 Å². The van der Waals surface area contributed by atoms with Crippen LogP contribution in [0.15, 0.2) is 97.5 Å². The minimum atomic E-state index is -0.235. The van der Waals surface area contributed by atoms with E-state index in [1.807, 2.05) is 78.1 Å². The van der Waals surface area contributed by atoms with Crippen LogP contribution >= 0.6 is 0 Å². The van der Waals surface area contributed by atoms with E-state index >= 15 is 0 Å². The molecule has 0 saturated carbocycles. The Labute approximate surface area is 211 Å². The molecule has 1 amide bonds. The van der Waals surface area contributed by atoms with Gasteiger partial charge in [0, 0.05) is 25.8 Å². The molecule has 6 heteroatoms. The molecule has 6 nitrogen and oxygen atoms in total. The van der Waals surface area contributed by atoms with Gasteiger partial charge in [-0.15, -0.1) is 0 Å². The summed E-state index contributed by atoms with van der Waals surface area (Å²) in [5, 5.41) is 12.8. The monoisotopic (exact) mass is 475 g/mol. The molecular formula is C30H29N5O. The number of amides is 1. The summed E-state index contributed by atoms with van der Waals surface area (Å²) in [6.07, 6.45) is 5.26. The molecule has 1 aliphatic heterocycles. The smallest absolute Gasteiger partial charge is 0.240 e. The predicted molar refractivity (Wildman–Crippen MR) is 139 cm³/mol. The number of carbonyl (C=O) groups excluding carboxylic acids is 1. The fourth-order valence-electron chi connectivity index (χ4n) is 4.83. The van der Waals surface area contributed by atoms with Gasteiger partial charge in [0.1, 0.15) is 0 Å². The third kappa shape index (κ3) is 5.54. The SMILES string of the molecule is N#Cc1ccc(Cn2cncc2C(Cc2ccccc2)N[C@H]2CCN(Cc3ccccc3)C2=O)cc1. The fraction of sp³-hybridized carbons (Fsp3) is 0.233. The van der Waals surface area contributed by atoms with E-state index in [0.29, 0.717) is 18.7 Å². The first-order valence-corrected chi connectivity index (χ1v) is 12.3. The quantitative estimate of drug-likeness (QED) is 0.387. The first-order chi connectivity index (χ1) is 17.7. The van der Waals surface area contributed by atoms with E-state index in [0.717, 1.165) is 36.2 Å². The van der Waals surface area contributed by atoms with Crippen LogP contribution in [-0.2, 0) is 24.3 Å². The van der Waals surface area contributed by atoms with E-state index in [-0.39, 0.29) is 18.0 Å². The van der Waals surface area contributed by atoms with Gasteiger partial charge in [0.05, 0.1) is 35.7 Å². The first-order valence-electron chi connectivity index (χ1n) is 12.3. The molecule has 1 aromatic heterocycles. The number of aromatic nitrogens is 2. The normalized spacial score (nSPS) is 16.1. The average Bonchev–Trinajstić information content (AvgIpc) is 3.52. The van der Waals surface area contributed by atoms with Gasteiger partial charge in [-0.2, -0.15) is 5.26 Å². The highest BCUT2D eigenvalue weighted by Gasteiger charge is 2.34. The molecule has 0 spiro atoms. The van der Waals surface area contributed by atoms with Crippen LogP contribution in [-0.4, -0.2) is 32.9 Å². The molecule has 2 heterocycles. The van der Waals surface area contributed by atoms with Gasteiger partial charge < -0.3 is 9.47 Å². The first kappa shape index (κ1) is 23.5. The maximum Gasteiger partial charge on any atom is 0.240 e. The molecule has 1 saturated heterocycles. The van der Waals surface area contributed by atoms with Crippen LogP contribution in [0.3, 0.4) is 0 Å². The number of hydrogen-bond acceptors (Lipinski definition) is 4. The van der Waals surface area contributed by atoms with Crippen molar-refractivity contribution in [3.63, 3.8) is 0 Å². The molecule has 1 N–H and O–H groups in total. The molecule has 3 aromatic carbocycles. The van der Waals surface area contributed by atoms with Gasteiger partial charge >= 0.3 is 0 Å². The third-order valence-corrected chi connectivity index (χ3v) is 6.74. The zero-order valence-corrected chi connectivity index (χ0v) is 20.1. The molecule has 0 bridgehead atoms. The van der Waals surface area contributed by atoms with Crippen LogP contribution in [0.5, 0.6) is 0 Å². The minimum Gasteiger partial charge on any atom is -0.337 e. The van der Waals surface area contributed by atoms with Crippen LogP contribution in [0.4, 0.5) is 0 Å². The van der Waals surface area contributed by atoms with Crippen molar-refractivity contribution in [1.82, 2.24) is 19.8 Å². The van der Waals surface area contributed by atoms with Crippen LogP contribution in [0, 0.1) is 11.3 Å². The van der Waals surface area contributed by atoms with Crippen LogP contribution in [0.25, 0.3) is 0 Å². The maximum atomic E-state index is 13.3. The Morgan fingerprint density at radius 3 is 2.28 bits per heavy atom. The number of likely N-dealkylation sites (tertiary alicyclic amines) is 1. The Morgan fingerprint density at radius 2 is 1.58 bits per heavy atom. The van der Waals surface area contributed by atoms with E-state index in [2.05, 4.69) is 45.2 Å². The summed E-state index contributed by atoms with van der Waals surface area (Å²) < 4.78 is 2.13. The van der Waals surface area contributed by atoms with Crippen molar-refractivity contribution < 1.29 is 4.79 Å². The number of nitriles is 1. The summed E-state index contributed by atoms with van der Waals surface area (Å²) in [6, 6.07) is 30.0. The van der Waals surface area contributed by atoms with Gasteiger partial charge in [-0.3, -0.25) is 10.1 Å². The molecule has 1 aliphatic rings. The number of nitrogens with zero attached hydrogens (tertiary/aromatic N) is 4. The maximum absolute atomic E-state index is 13.3. The van der Waals surface area contributed by atoms with Crippen molar-refractivity contribution >= 4 is 5.91 Å². The predicted octanol–water partition coefficient (Wildman–Crippen LogP) is 4.48. The van der Waals surface area contributed by atoms with E-state index in [9.17, 15) is 4.79 Å². The van der Waals surface area contributed by atoms with Gasteiger partial charge in [0.15, 0.2) is 0 Å². The van der Waals surface area contributed by atoms with Gasteiger partial charge in [-0.1, -0.05) is 72.8 Å². The minimum absolute atomic E-state index is 0.0705. The molecule has 0 aliphatic carbocycles. The molecule has 5 rings (SSSR count). The number of benzene rings is 3. The van der Waals surface area contributed by atoms with Crippen molar-refractivity contribution in [2.45, 2.75) is 38.0 Å². The van der Waals surface area contributed by atoms with E-state index in [4.69, 9.17) is 5.26 Å². The van der Waals surface area contributed by atoms with E-state index in [1.165, 1.54) is 5.56 Å².